The number of benzene rings is 1. The Labute approximate surface area is 235 Å². The molecular formula is C29H38N4O4S2. The number of hydrogen-bond acceptors (Lipinski definition) is 7. The fourth-order valence-electron chi connectivity index (χ4n) is 5.57. The second-order valence-corrected chi connectivity index (χ2v) is 14.4. The van der Waals surface area contributed by atoms with Gasteiger partial charge < -0.3 is 10.1 Å². The topological polar surface area (TPSA) is 110 Å². The summed E-state index contributed by atoms with van der Waals surface area (Å²) in [6.07, 6.45) is 10.1. The third-order valence-electron chi connectivity index (χ3n) is 7.36. The number of nitrogens with zero attached hydrogens (tertiary/aromatic N) is 2. The first-order chi connectivity index (χ1) is 18.6. The van der Waals surface area contributed by atoms with Gasteiger partial charge in [-0.3, -0.25) is 9.78 Å². The molecule has 1 amide bonds. The Kier molecular flexibility index (Phi) is 8.37. The number of rotatable bonds is 7. The molecule has 2 aliphatic rings. The van der Waals surface area contributed by atoms with E-state index in [0.717, 1.165) is 48.2 Å². The lowest BCUT2D eigenvalue weighted by Gasteiger charge is -2.22. The van der Waals surface area contributed by atoms with Gasteiger partial charge in [0.1, 0.15) is 0 Å². The number of aromatic nitrogens is 2. The summed E-state index contributed by atoms with van der Waals surface area (Å²) < 4.78 is 34.8. The summed E-state index contributed by atoms with van der Waals surface area (Å²) in [5.41, 5.74) is 1.69. The van der Waals surface area contributed by atoms with E-state index in [4.69, 9.17) is 9.72 Å². The van der Waals surface area contributed by atoms with E-state index in [-0.39, 0.29) is 16.8 Å². The molecule has 210 valence electrons. The minimum Gasteiger partial charge on any atom is -0.381 e. The highest BCUT2D eigenvalue weighted by Crippen LogP contribution is 2.39. The molecule has 1 aromatic carbocycles. The minimum absolute atomic E-state index is 0.0858. The Morgan fingerprint density at radius 1 is 1.08 bits per heavy atom. The molecule has 2 fully saturated rings. The van der Waals surface area contributed by atoms with Gasteiger partial charge in [0.05, 0.1) is 21.0 Å². The van der Waals surface area contributed by atoms with Crippen molar-refractivity contribution in [3.8, 4) is 10.4 Å². The van der Waals surface area contributed by atoms with E-state index >= 15 is 0 Å². The zero-order chi connectivity index (χ0) is 27.6. The second-order valence-electron chi connectivity index (χ2n) is 11.7. The maximum absolute atomic E-state index is 13.3. The van der Waals surface area contributed by atoms with Gasteiger partial charge in [-0.15, -0.1) is 11.3 Å². The molecule has 1 saturated heterocycles. The fourth-order valence-corrected chi connectivity index (χ4v) is 8.21. The number of fused-ring (bicyclic) bond motifs is 1. The average molecular weight is 571 g/mol. The molecule has 8 nitrogen and oxygen atoms in total. The van der Waals surface area contributed by atoms with E-state index in [0.29, 0.717) is 35.0 Å². The van der Waals surface area contributed by atoms with Crippen molar-refractivity contribution >= 4 is 38.2 Å². The summed E-state index contributed by atoms with van der Waals surface area (Å²) in [5.74, 6) is 0.370. The highest BCUT2D eigenvalue weighted by atomic mass is 32.2. The van der Waals surface area contributed by atoms with Crippen molar-refractivity contribution < 1.29 is 17.9 Å². The van der Waals surface area contributed by atoms with Gasteiger partial charge in [0, 0.05) is 41.9 Å². The van der Waals surface area contributed by atoms with Crippen molar-refractivity contribution in [2.45, 2.75) is 88.6 Å². The van der Waals surface area contributed by atoms with E-state index in [9.17, 15) is 13.2 Å². The molecule has 0 bridgehead atoms. The maximum atomic E-state index is 13.3. The Morgan fingerprint density at radius 3 is 2.54 bits per heavy atom. The maximum Gasteiger partial charge on any atom is 0.280 e. The lowest BCUT2D eigenvalue weighted by Crippen LogP contribution is -2.40. The molecule has 1 saturated carbocycles. The van der Waals surface area contributed by atoms with Gasteiger partial charge >= 0.3 is 0 Å². The number of sulfonamides is 1. The van der Waals surface area contributed by atoms with Crippen LogP contribution in [0.3, 0.4) is 0 Å². The normalized spacial score (nSPS) is 17.9. The molecule has 10 heteroatoms. The van der Waals surface area contributed by atoms with Crippen LogP contribution in [-0.4, -0.2) is 49.1 Å². The third-order valence-corrected chi connectivity index (χ3v) is 10.3. The van der Waals surface area contributed by atoms with Crippen LogP contribution in [0.2, 0.25) is 0 Å². The van der Waals surface area contributed by atoms with Crippen molar-refractivity contribution in [1.29, 1.82) is 0 Å². The third kappa shape index (κ3) is 6.67. The predicted octanol–water partition coefficient (Wildman–Crippen LogP) is 5.47. The Balaban J connectivity index is 1.56. The Hall–Kier alpha value is -2.40. The lowest BCUT2D eigenvalue weighted by molar-refractivity contribution is 0.0696. The largest absolute Gasteiger partial charge is 0.381 e. The molecule has 0 unspecified atom stereocenters. The van der Waals surface area contributed by atoms with Crippen LogP contribution < -0.4 is 10.0 Å². The average Bonchev–Trinajstić information content (AvgIpc) is 3.31. The molecule has 2 N–H and O–H groups in total. The van der Waals surface area contributed by atoms with Crippen LogP contribution in [0.4, 0.5) is 0 Å². The van der Waals surface area contributed by atoms with Crippen LogP contribution in [0.5, 0.6) is 0 Å². The van der Waals surface area contributed by atoms with Gasteiger partial charge in [-0.05, 0) is 70.2 Å². The number of carbonyl (C=O) groups is 1. The SMILES string of the molecule is CC(C)(C)NS(=O)(=O)c1ccc(-c2sc(C(=O)NC3CCOCC3)nc2CC2CCCCC2)c2ncccc12. The first-order valence-electron chi connectivity index (χ1n) is 13.9. The summed E-state index contributed by atoms with van der Waals surface area (Å²) >= 11 is 1.38. The van der Waals surface area contributed by atoms with Crippen LogP contribution in [-0.2, 0) is 21.2 Å². The highest BCUT2D eigenvalue weighted by molar-refractivity contribution is 7.89. The molecule has 5 rings (SSSR count). The number of carbonyl (C=O) groups excluding carboxylic acids is 1. The molecule has 3 heterocycles. The number of amides is 1. The quantitative estimate of drug-likeness (QED) is 0.390. The Bertz CT molecular complexity index is 1430. The zero-order valence-electron chi connectivity index (χ0n) is 23.0. The molecule has 2 aromatic heterocycles. The first kappa shape index (κ1) is 28.1. The number of thiazole rings is 1. The molecule has 3 aromatic rings. The van der Waals surface area contributed by atoms with Gasteiger partial charge in [-0.2, -0.15) is 0 Å². The van der Waals surface area contributed by atoms with Crippen LogP contribution in [0.15, 0.2) is 35.4 Å². The van der Waals surface area contributed by atoms with Gasteiger partial charge in [0.15, 0.2) is 5.01 Å². The van der Waals surface area contributed by atoms with E-state index in [1.165, 1.54) is 30.6 Å². The standard InChI is InChI=1S/C29H38N4O4S2/c1-29(2,3)33-39(35,36)24-12-11-22(25-21(24)10-7-15-30-25)26-23(18-19-8-5-4-6-9-19)32-28(38-26)27(34)31-20-13-16-37-17-14-20/h7,10-12,15,19-20,33H,4-6,8-9,13-14,16-18H2,1-3H3,(H,31,34). The second kappa shape index (κ2) is 11.6. The van der Waals surface area contributed by atoms with Gasteiger partial charge in [0.2, 0.25) is 10.0 Å². The summed E-state index contributed by atoms with van der Waals surface area (Å²) in [6, 6.07) is 7.11. The van der Waals surface area contributed by atoms with Crippen LogP contribution in [0, 0.1) is 5.92 Å². The van der Waals surface area contributed by atoms with Crippen molar-refractivity contribution in [2.24, 2.45) is 5.92 Å². The summed E-state index contributed by atoms with van der Waals surface area (Å²) in [4.78, 5) is 23.9. The Morgan fingerprint density at radius 2 is 1.82 bits per heavy atom. The predicted molar refractivity (Wildman–Crippen MR) is 155 cm³/mol. The zero-order valence-corrected chi connectivity index (χ0v) is 24.6. The van der Waals surface area contributed by atoms with Crippen molar-refractivity contribution in [1.82, 2.24) is 20.0 Å². The number of ether oxygens (including phenoxy) is 1. The monoisotopic (exact) mass is 570 g/mol. The van der Waals surface area contributed by atoms with Crippen LogP contribution in [0.25, 0.3) is 21.3 Å². The van der Waals surface area contributed by atoms with Crippen LogP contribution in [0.1, 0.15) is 81.2 Å². The van der Waals surface area contributed by atoms with Gasteiger partial charge in [-0.1, -0.05) is 32.1 Å². The van der Waals surface area contributed by atoms with Crippen LogP contribution >= 0.6 is 11.3 Å². The molecule has 1 aliphatic heterocycles. The molecule has 39 heavy (non-hydrogen) atoms. The number of nitrogens with one attached hydrogen (secondary N) is 2. The first-order valence-corrected chi connectivity index (χ1v) is 16.2. The summed E-state index contributed by atoms with van der Waals surface area (Å²) in [5, 5.41) is 4.14. The van der Waals surface area contributed by atoms with E-state index < -0.39 is 15.6 Å². The molecule has 0 atom stereocenters. The summed E-state index contributed by atoms with van der Waals surface area (Å²) in [6.45, 7) is 6.76. The summed E-state index contributed by atoms with van der Waals surface area (Å²) in [7, 11) is -3.78. The smallest absolute Gasteiger partial charge is 0.280 e. The number of hydrogen-bond donors (Lipinski definition) is 2. The highest BCUT2D eigenvalue weighted by Gasteiger charge is 2.28. The minimum atomic E-state index is -3.78. The molecule has 1 aliphatic carbocycles. The molecular weight excluding hydrogens is 532 g/mol. The van der Waals surface area contributed by atoms with Crippen molar-refractivity contribution in [2.75, 3.05) is 13.2 Å². The fraction of sp³-hybridized carbons (Fsp3) is 0.552. The lowest BCUT2D eigenvalue weighted by atomic mass is 9.85. The number of pyridine rings is 1. The molecule has 0 spiro atoms. The van der Waals surface area contributed by atoms with E-state index in [1.807, 2.05) is 26.8 Å². The van der Waals surface area contributed by atoms with Gasteiger partial charge in [0.25, 0.3) is 5.91 Å². The van der Waals surface area contributed by atoms with Crippen molar-refractivity contribution in [3.63, 3.8) is 0 Å². The molecule has 0 radical (unpaired) electrons. The van der Waals surface area contributed by atoms with E-state index in [2.05, 4.69) is 15.0 Å². The van der Waals surface area contributed by atoms with E-state index in [1.54, 1.807) is 24.4 Å². The van der Waals surface area contributed by atoms with Gasteiger partial charge in [-0.25, -0.2) is 18.1 Å². The van der Waals surface area contributed by atoms with Crippen molar-refractivity contribution in [3.05, 3.63) is 41.2 Å².